The lowest BCUT2D eigenvalue weighted by atomic mass is 9.79. The van der Waals surface area contributed by atoms with Gasteiger partial charge in [-0.1, -0.05) is 37.3 Å². The van der Waals surface area contributed by atoms with Gasteiger partial charge in [-0.25, -0.2) is 0 Å². The van der Waals surface area contributed by atoms with Crippen molar-refractivity contribution < 1.29 is 9.59 Å². The van der Waals surface area contributed by atoms with Crippen molar-refractivity contribution in [2.24, 2.45) is 0 Å². The van der Waals surface area contributed by atoms with Gasteiger partial charge in [0.1, 0.15) is 17.5 Å². The molecule has 0 N–H and O–H groups in total. The van der Waals surface area contributed by atoms with Crippen LogP contribution in [0.1, 0.15) is 25.8 Å². The molecule has 0 amide bonds. The van der Waals surface area contributed by atoms with Crippen LogP contribution in [-0.4, -0.2) is 12.1 Å². The maximum absolute atomic E-state index is 11.6. The molecular formula is C12H14O2. The molecule has 0 aliphatic rings. The fourth-order valence-electron chi connectivity index (χ4n) is 1.45. The summed E-state index contributed by atoms with van der Waals surface area (Å²) in [4.78, 5) is 22.6. The molecule has 0 aliphatic carbocycles. The highest BCUT2D eigenvalue weighted by molar-refractivity contribution is 6.03. The number of aldehydes is 1. The van der Waals surface area contributed by atoms with E-state index in [0.717, 1.165) is 11.8 Å². The van der Waals surface area contributed by atoms with Crippen LogP contribution < -0.4 is 0 Å². The lowest BCUT2D eigenvalue weighted by Gasteiger charge is -2.21. The predicted octanol–water partition coefficient (Wildman–Crippen LogP) is 2.12. The monoisotopic (exact) mass is 190 g/mol. The van der Waals surface area contributed by atoms with Crippen molar-refractivity contribution in [3.63, 3.8) is 0 Å². The number of benzene rings is 1. The lowest BCUT2D eigenvalue weighted by Crippen LogP contribution is -2.33. The second kappa shape index (κ2) is 4.18. The highest BCUT2D eigenvalue weighted by atomic mass is 16.1. The number of carbonyl (C=O) groups excluding carboxylic acids is 2. The number of rotatable bonds is 4. The molecule has 2 nitrogen and oxygen atoms in total. The van der Waals surface area contributed by atoms with Gasteiger partial charge >= 0.3 is 0 Å². The predicted molar refractivity (Wildman–Crippen MR) is 55.2 cm³/mol. The van der Waals surface area contributed by atoms with E-state index >= 15 is 0 Å². The van der Waals surface area contributed by atoms with Crippen molar-refractivity contribution in [3.8, 4) is 0 Å². The van der Waals surface area contributed by atoms with Crippen molar-refractivity contribution >= 4 is 12.1 Å². The Morgan fingerprint density at radius 1 is 1.36 bits per heavy atom. The maximum atomic E-state index is 11.6. The zero-order valence-electron chi connectivity index (χ0n) is 8.49. The first-order valence-electron chi connectivity index (χ1n) is 4.70. The third-order valence-corrected chi connectivity index (χ3v) is 2.51. The van der Waals surface area contributed by atoms with Gasteiger partial charge in [-0.3, -0.25) is 4.79 Å². The van der Waals surface area contributed by atoms with Crippen LogP contribution in [0.2, 0.25) is 0 Å². The molecule has 0 fully saturated rings. The standard InChI is InChI=1S/C12H14O2/c1-3-11(14)12(2,9-13)10-7-5-4-6-8-10/h4-9H,3H2,1-2H3/t12-/m0/s1. The van der Waals surface area contributed by atoms with E-state index in [0.29, 0.717) is 6.42 Å². The minimum absolute atomic E-state index is 0.0429. The van der Waals surface area contributed by atoms with Gasteiger partial charge in [-0.2, -0.15) is 0 Å². The van der Waals surface area contributed by atoms with Gasteiger partial charge in [0.15, 0.2) is 0 Å². The van der Waals surface area contributed by atoms with E-state index in [2.05, 4.69) is 0 Å². The molecule has 0 aliphatic heterocycles. The van der Waals surface area contributed by atoms with Crippen molar-refractivity contribution in [3.05, 3.63) is 35.9 Å². The third kappa shape index (κ3) is 1.74. The topological polar surface area (TPSA) is 34.1 Å². The van der Waals surface area contributed by atoms with E-state index in [4.69, 9.17) is 0 Å². The van der Waals surface area contributed by atoms with Gasteiger partial charge in [0, 0.05) is 6.42 Å². The maximum Gasteiger partial charge on any atom is 0.149 e. The Balaban J connectivity index is 3.14. The summed E-state index contributed by atoms with van der Waals surface area (Å²) in [7, 11) is 0. The summed E-state index contributed by atoms with van der Waals surface area (Å²) in [6, 6.07) is 9.15. The Labute approximate surface area is 83.9 Å². The van der Waals surface area contributed by atoms with Crippen molar-refractivity contribution in [2.45, 2.75) is 25.7 Å². The Morgan fingerprint density at radius 2 is 1.93 bits per heavy atom. The molecule has 0 bridgehead atoms. The van der Waals surface area contributed by atoms with Crippen molar-refractivity contribution in [2.75, 3.05) is 0 Å². The average molecular weight is 190 g/mol. The summed E-state index contributed by atoms with van der Waals surface area (Å²) < 4.78 is 0. The number of hydrogen-bond acceptors (Lipinski definition) is 2. The lowest BCUT2D eigenvalue weighted by molar-refractivity contribution is -0.128. The van der Waals surface area contributed by atoms with Crippen LogP contribution >= 0.6 is 0 Å². The van der Waals surface area contributed by atoms with E-state index in [1.165, 1.54) is 0 Å². The zero-order chi connectivity index (χ0) is 10.6. The zero-order valence-corrected chi connectivity index (χ0v) is 8.49. The smallest absolute Gasteiger partial charge is 0.149 e. The highest BCUT2D eigenvalue weighted by Crippen LogP contribution is 2.23. The first-order chi connectivity index (χ1) is 6.65. The minimum atomic E-state index is -0.976. The molecule has 74 valence electrons. The van der Waals surface area contributed by atoms with Crippen LogP contribution in [0.5, 0.6) is 0 Å². The second-order valence-electron chi connectivity index (χ2n) is 3.46. The molecule has 0 saturated heterocycles. The van der Waals surface area contributed by atoms with Crippen LogP contribution in [0.15, 0.2) is 30.3 Å². The first kappa shape index (κ1) is 10.6. The van der Waals surface area contributed by atoms with Crippen molar-refractivity contribution in [1.29, 1.82) is 0 Å². The quantitative estimate of drug-likeness (QED) is 0.538. The van der Waals surface area contributed by atoms with Crippen LogP contribution in [0.4, 0.5) is 0 Å². The molecule has 1 rings (SSSR count). The van der Waals surface area contributed by atoms with Crippen LogP contribution in [0, 0.1) is 0 Å². The fraction of sp³-hybridized carbons (Fsp3) is 0.333. The van der Waals surface area contributed by atoms with E-state index < -0.39 is 5.41 Å². The molecule has 2 heteroatoms. The van der Waals surface area contributed by atoms with Gasteiger partial charge in [0.25, 0.3) is 0 Å². The second-order valence-corrected chi connectivity index (χ2v) is 3.46. The largest absolute Gasteiger partial charge is 0.302 e. The highest BCUT2D eigenvalue weighted by Gasteiger charge is 2.32. The van der Waals surface area contributed by atoms with Gasteiger partial charge < -0.3 is 4.79 Å². The van der Waals surface area contributed by atoms with Gasteiger partial charge in [0.2, 0.25) is 0 Å². The van der Waals surface area contributed by atoms with Crippen LogP contribution in [-0.2, 0) is 15.0 Å². The summed E-state index contributed by atoms with van der Waals surface area (Å²) in [5, 5.41) is 0. The van der Waals surface area contributed by atoms with Gasteiger partial charge in [0.05, 0.1) is 0 Å². The Bertz CT molecular complexity index is 329. The number of hydrogen-bond donors (Lipinski definition) is 0. The average Bonchev–Trinajstić information content (AvgIpc) is 2.28. The molecule has 0 heterocycles. The SMILES string of the molecule is CCC(=O)[C@@](C)(C=O)c1ccccc1. The van der Waals surface area contributed by atoms with E-state index in [9.17, 15) is 9.59 Å². The summed E-state index contributed by atoms with van der Waals surface area (Å²) >= 11 is 0. The molecule has 0 aromatic heterocycles. The summed E-state index contributed by atoms with van der Waals surface area (Å²) in [6.07, 6.45) is 1.11. The Kier molecular flexibility index (Phi) is 3.18. The Morgan fingerprint density at radius 3 is 2.36 bits per heavy atom. The van der Waals surface area contributed by atoms with E-state index in [1.54, 1.807) is 13.8 Å². The Hall–Kier alpha value is -1.44. The summed E-state index contributed by atoms with van der Waals surface area (Å²) in [5.74, 6) is -0.0429. The number of ketones is 1. The molecule has 0 saturated carbocycles. The number of carbonyl (C=O) groups is 2. The molecule has 0 radical (unpaired) electrons. The fourth-order valence-corrected chi connectivity index (χ4v) is 1.45. The van der Waals surface area contributed by atoms with Crippen LogP contribution in [0.3, 0.4) is 0 Å². The molecule has 0 unspecified atom stereocenters. The van der Waals surface area contributed by atoms with Crippen molar-refractivity contribution in [1.82, 2.24) is 0 Å². The summed E-state index contributed by atoms with van der Waals surface area (Å²) in [6.45, 7) is 3.44. The normalized spacial score (nSPS) is 14.4. The minimum Gasteiger partial charge on any atom is -0.302 e. The molecule has 1 aromatic rings. The van der Waals surface area contributed by atoms with Crippen LogP contribution in [0.25, 0.3) is 0 Å². The molecular weight excluding hydrogens is 176 g/mol. The molecule has 0 spiro atoms. The third-order valence-electron chi connectivity index (χ3n) is 2.51. The van der Waals surface area contributed by atoms with E-state index in [-0.39, 0.29) is 5.78 Å². The van der Waals surface area contributed by atoms with Gasteiger partial charge in [-0.05, 0) is 12.5 Å². The number of Topliss-reactive ketones (excluding diaryl/α,β-unsaturated/α-hetero) is 1. The molecule has 1 atom stereocenters. The van der Waals surface area contributed by atoms with E-state index in [1.807, 2.05) is 30.3 Å². The first-order valence-corrected chi connectivity index (χ1v) is 4.70. The molecule has 14 heavy (non-hydrogen) atoms. The summed E-state index contributed by atoms with van der Waals surface area (Å²) in [5.41, 5.74) is -0.211. The van der Waals surface area contributed by atoms with Gasteiger partial charge in [-0.15, -0.1) is 0 Å². The molecule has 1 aromatic carbocycles.